The van der Waals surface area contributed by atoms with E-state index in [9.17, 15) is 18.0 Å². The van der Waals surface area contributed by atoms with Crippen LogP contribution in [-0.4, -0.2) is 35.7 Å². The van der Waals surface area contributed by atoms with E-state index in [2.05, 4.69) is 21.8 Å². The first-order valence-corrected chi connectivity index (χ1v) is 9.08. The molecule has 1 amide bonds. The highest BCUT2D eigenvalue weighted by Gasteiger charge is 2.38. The Morgan fingerprint density at radius 1 is 1.00 bits per heavy atom. The number of hydrogen-bond donors (Lipinski definition) is 2. The number of amides is 1. The van der Waals surface area contributed by atoms with E-state index < -0.39 is 18.2 Å². The van der Waals surface area contributed by atoms with Gasteiger partial charge in [0.2, 0.25) is 5.91 Å². The lowest BCUT2D eigenvalue weighted by atomic mass is 10.1. The zero-order chi connectivity index (χ0) is 21.7. The predicted octanol–water partition coefficient (Wildman–Crippen LogP) is 3.71. The molecule has 0 radical (unpaired) electrons. The molecule has 29 heavy (non-hydrogen) atoms. The molecule has 0 aliphatic heterocycles. The van der Waals surface area contributed by atoms with Crippen LogP contribution in [-0.2, 0) is 34.9 Å². The lowest BCUT2D eigenvalue weighted by Crippen LogP contribution is -2.35. The van der Waals surface area contributed by atoms with Crippen molar-refractivity contribution < 1.29 is 27.9 Å². The summed E-state index contributed by atoms with van der Waals surface area (Å²) in [5, 5.41) is 10.0. The van der Waals surface area contributed by atoms with Gasteiger partial charge in [-0.2, -0.15) is 13.2 Å². The highest BCUT2D eigenvalue weighted by atomic mass is 32.1. The first kappa shape index (κ1) is 24.2. The Labute approximate surface area is 172 Å². The summed E-state index contributed by atoms with van der Waals surface area (Å²) in [6.45, 7) is 0.643. The van der Waals surface area contributed by atoms with Gasteiger partial charge in [-0.3, -0.25) is 4.79 Å². The van der Waals surface area contributed by atoms with Gasteiger partial charge in [-0.25, -0.2) is 9.16 Å². The van der Waals surface area contributed by atoms with Crippen molar-refractivity contribution in [1.29, 1.82) is 0 Å². The molecule has 2 N–H and O–H groups in total. The minimum atomic E-state index is -5.08. The largest absolute Gasteiger partial charge is 0.490 e. The van der Waals surface area contributed by atoms with Crippen molar-refractivity contribution in [1.82, 2.24) is 5.32 Å². The molecule has 9 heteroatoms. The Morgan fingerprint density at radius 3 is 1.93 bits per heavy atom. The molecule has 0 aromatic heterocycles. The summed E-state index contributed by atoms with van der Waals surface area (Å²) >= 11 is 4.77. The summed E-state index contributed by atoms with van der Waals surface area (Å²) in [4.78, 5) is 21.0. The van der Waals surface area contributed by atoms with Crippen molar-refractivity contribution in [3.05, 3.63) is 71.8 Å². The highest BCUT2D eigenvalue weighted by molar-refractivity contribution is 7.47. The first-order chi connectivity index (χ1) is 13.7. The Hall–Kier alpha value is -2.81. The van der Waals surface area contributed by atoms with E-state index in [4.69, 9.17) is 22.3 Å². The van der Waals surface area contributed by atoms with Crippen molar-refractivity contribution in [2.45, 2.75) is 31.5 Å². The number of nitrogens with one attached hydrogen (secondary N) is 1. The minimum Gasteiger partial charge on any atom is -0.475 e. The van der Waals surface area contributed by atoms with E-state index in [0.717, 1.165) is 18.4 Å². The predicted molar refractivity (Wildman–Crippen MR) is 105 cm³/mol. The SMILES string of the molecule is O=C(NCCCc1ccccc1)[C@H](Cc1ccccc1)N=S.O=C(O)C(F)(F)F. The molecule has 0 unspecified atom stereocenters. The van der Waals surface area contributed by atoms with Gasteiger partial charge in [0.1, 0.15) is 6.04 Å². The van der Waals surface area contributed by atoms with Crippen molar-refractivity contribution in [2.24, 2.45) is 4.36 Å². The van der Waals surface area contributed by atoms with E-state index in [0.29, 0.717) is 13.0 Å². The second-order valence-electron chi connectivity index (χ2n) is 5.99. The molecular weight excluding hydrogens is 405 g/mol. The van der Waals surface area contributed by atoms with Gasteiger partial charge in [0.05, 0.1) is 0 Å². The van der Waals surface area contributed by atoms with Gasteiger partial charge >= 0.3 is 12.1 Å². The number of benzene rings is 2. The number of aryl methyl sites for hydroxylation is 1. The molecule has 2 rings (SSSR count). The fourth-order valence-electron chi connectivity index (χ4n) is 2.28. The van der Waals surface area contributed by atoms with Crippen LogP contribution in [0.3, 0.4) is 0 Å². The molecule has 0 saturated heterocycles. The van der Waals surface area contributed by atoms with Gasteiger partial charge in [-0.05, 0) is 24.0 Å². The lowest BCUT2D eigenvalue weighted by Gasteiger charge is -2.11. The molecule has 0 fully saturated rings. The van der Waals surface area contributed by atoms with Crippen molar-refractivity contribution in [2.75, 3.05) is 6.54 Å². The third kappa shape index (κ3) is 10.3. The second kappa shape index (κ2) is 12.6. The quantitative estimate of drug-likeness (QED) is 0.631. The van der Waals surface area contributed by atoms with Crippen LogP contribution in [0.5, 0.6) is 0 Å². The number of carbonyl (C=O) groups excluding carboxylic acids is 1. The summed E-state index contributed by atoms with van der Waals surface area (Å²) in [6.07, 6.45) is -2.67. The second-order valence-corrected chi connectivity index (χ2v) is 6.20. The van der Waals surface area contributed by atoms with Crippen LogP contribution in [0.2, 0.25) is 0 Å². The summed E-state index contributed by atoms with van der Waals surface area (Å²) < 4.78 is 35.5. The van der Waals surface area contributed by atoms with Gasteiger partial charge in [0.15, 0.2) is 0 Å². The highest BCUT2D eigenvalue weighted by Crippen LogP contribution is 2.13. The molecule has 1 atom stereocenters. The van der Waals surface area contributed by atoms with Crippen LogP contribution in [0.1, 0.15) is 17.5 Å². The van der Waals surface area contributed by atoms with Crippen LogP contribution >= 0.6 is 0 Å². The van der Waals surface area contributed by atoms with Gasteiger partial charge in [-0.1, -0.05) is 60.7 Å². The fourth-order valence-corrected chi connectivity index (χ4v) is 2.45. The number of carbonyl (C=O) groups is 2. The Morgan fingerprint density at radius 2 is 1.48 bits per heavy atom. The van der Waals surface area contributed by atoms with Gasteiger partial charge in [0.25, 0.3) is 0 Å². The molecule has 5 nitrogen and oxygen atoms in total. The minimum absolute atomic E-state index is 0.0908. The molecule has 0 spiro atoms. The molecule has 156 valence electrons. The molecule has 0 bridgehead atoms. The number of aliphatic carboxylic acids is 1. The molecular formula is C20H21F3N2O3S. The summed E-state index contributed by atoms with van der Waals surface area (Å²) in [5.74, 6) is -2.85. The zero-order valence-corrected chi connectivity index (χ0v) is 16.2. The number of carboxylic acid groups (broad SMARTS) is 1. The Bertz CT molecular complexity index is 772. The van der Waals surface area contributed by atoms with E-state index in [-0.39, 0.29) is 5.91 Å². The van der Waals surface area contributed by atoms with Crippen LogP contribution < -0.4 is 5.32 Å². The maximum atomic E-state index is 12.1. The zero-order valence-electron chi connectivity index (χ0n) is 15.4. The maximum absolute atomic E-state index is 12.1. The van der Waals surface area contributed by atoms with Crippen LogP contribution in [0.4, 0.5) is 13.2 Å². The van der Waals surface area contributed by atoms with Crippen molar-refractivity contribution in [3.8, 4) is 0 Å². The maximum Gasteiger partial charge on any atom is 0.490 e. The number of nitrogens with zero attached hydrogens (tertiary/aromatic N) is 1. The van der Waals surface area contributed by atoms with Crippen LogP contribution in [0, 0.1) is 0 Å². The third-order valence-corrected chi connectivity index (χ3v) is 3.98. The average Bonchev–Trinajstić information content (AvgIpc) is 2.70. The molecule has 0 aliphatic carbocycles. The van der Waals surface area contributed by atoms with Crippen molar-refractivity contribution >= 4 is 24.3 Å². The molecule has 2 aromatic carbocycles. The standard InChI is InChI=1S/C18H20N2OS.C2HF3O2/c21-18(17(20-22)14-16-10-5-2-6-11-16)19-13-7-12-15-8-3-1-4-9-15;3-2(4,5)1(6)7/h1-6,8-11,17H,7,12-14H2,(H,19,21);(H,6,7)/t17-;/m0./s1. The van der Waals surface area contributed by atoms with Crippen molar-refractivity contribution in [3.63, 3.8) is 0 Å². The summed E-state index contributed by atoms with van der Waals surface area (Å²) in [7, 11) is 0. The Kier molecular flexibility index (Phi) is 10.5. The first-order valence-electron chi connectivity index (χ1n) is 8.72. The van der Waals surface area contributed by atoms with Gasteiger partial charge in [0, 0.05) is 25.4 Å². The third-order valence-electron chi connectivity index (χ3n) is 3.73. The Balaban J connectivity index is 0.000000516. The number of alkyl halides is 3. The number of rotatable bonds is 8. The smallest absolute Gasteiger partial charge is 0.475 e. The fraction of sp³-hybridized carbons (Fsp3) is 0.300. The molecule has 0 aliphatic rings. The summed E-state index contributed by atoms with van der Waals surface area (Å²) in [5.41, 5.74) is 2.35. The van der Waals surface area contributed by atoms with Crippen LogP contribution in [0.25, 0.3) is 0 Å². The van der Waals surface area contributed by atoms with Crippen LogP contribution in [0.15, 0.2) is 65.0 Å². The number of halogens is 3. The lowest BCUT2D eigenvalue weighted by molar-refractivity contribution is -0.192. The summed E-state index contributed by atoms with van der Waals surface area (Å²) in [6, 6.07) is 19.6. The molecule has 0 heterocycles. The van der Waals surface area contributed by atoms with E-state index in [1.807, 2.05) is 48.5 Å². The van der Waals surface area contributed by atoms with E-state index in [1.54, 1.807) is 0 Å². The molecule has 0 saturated carbocycles. The monoisotopic (exact) mass is 426 g/mol. The van der Waals surface area contributed by atoms with E-state index in [1.165, 1.54) is 5.56 Å². The van der Waals surface area contributed by atoms with E-state index >= 15 is 0 Å². The number of carboxylic acids is 1. The van der Waals surface area contributed by atoms with Gasteiger partial charge in [-0.15, -0.1) is 0 Å². The average molecular weight is 426 g/mol. The topological polar surface area (TPSA) is 78.8 Å². The molecule has 2 aromatic rings. The number of hydrogen-bond acceptors (Lipinski definition) is 4. The normalized spacial score (nSPS) is 11.6. The van der Waals surface area contributed by atoms with Gasteiger partial charge < -0.3 is 10.4 Å².